The number of pyridine rings is 1. The van der Waals surface area contributed by atoms with E-state index in [-0.39, 0.29) is 38.6 Å². The van der Waals surface area contributed by atoms with Gasteiger partial charge in [0.05, 0.1) is 18.0 Å². The van der Waals surface area contributed by atoms with Crippen LogP contribution in [0.25, 0.3) is 27.6 Å². The summed E-state index contributed by atoms with van der Waals surface area (Å²) in [5, 5.41) is 2.17. The number of nitrogens with zero attached hydrogens (tertiary/aromatic N) is 4. The number of hydrogen-bond acceptors (Lipinski definition) is 4. The molecule has 5 nitrogen and oxygen atoms in total. The maximum absolute atomic E-state index is 8.19. The van der Waals surface area contributed by atoms with Gasteiger partial charge in [0.1, 0.15) is 5.82 Å². The van der Waals surface area contributed by atoms with Crippen LogP contribution in [-0.4, -0.2) is 23.2 Å². The molecule has 0 saturated heterocycles. The molecule has 0 bridgehead atoms. The first-order valence-corrected chi connectivity index (χ1v) is 15.0. The Kier molecular flexibility index (Phi) is 6.89. The molecule has 230 valence electrons. The van der Waals surface area contributed by atoms with Crippen molar-refractivity contribution < 1.29 is 29.9 Å². The van der Waals surface area contributed by atoms with E-state index in [0.29, 0.717) is 17.2 Å². The van der Waals surface area contributed by atoms with Gasteiger partial charge in [-0.1, -0.05) is 88.5 Å². The Morgan fingerprint density at radius 2 is 1.49 bits per heavy atom. The minimum atomic E-state index is -2.29. The van der Waals surface area contributed by atoms with Crippen LogP contribution in [0.5, 0.6) is 11.5 Å². The summed E-state index contributed by atoms with van der Waals surface area (Å²) in [5.74, 6) is 1.89. The molecule has 0 saturated carbocycles. The third-order valence-electron chi connectivity index (χ3n) is 8.34. The molecule has 0 atom stereocenters. The largest absolute Gasteiger partial charge is 2.00 e. The van der Waals surface area contributed by atoms with E-state index in [0.717, 1.165) is 44.6 Å². The van der Waals surface area contributed by atoms with Gasteiger partial charge in [0.2, 0.25) is 0 Å². The fourth-order valence-electron chi connectivity index (χ4n) is 6.04. The smallest absolute Gasteiger partial charge is 0.509 e. The van der Waals surface area contributed by atoms with E-state index >= 15 is 0 Å². The van der Waals surface area contributed by atoms with Gasteiger partial charge in [-0.3, -0.25) is 0 Å². The molecule has 0 fully saturated rings. The van der Waals surface area contributed by atoms with Crippen LogP contribution in [0.15, 0.2) is 91.1 Å². The van der Waals surface area contributed by atoms with Crippen molar-refractivity contribution >= 4 is 38.9 Å². The third kappa shape index (κ3) is 5.53. The minimum absolute atomic E-state index is 0. The third-order valence-corrected chi connectivity index (χ3v) is 8.34. The molecule has 6 heteroatoms. The molecule has 4 aromatic carbocycles. The predicted octanol–water partition coefficient (Wildman–Crippen LogP) is 9.71. The zero-order valence-electron chi connectivity index (χ0n) is 29.4. The average molecular weight is 777 g/mol. The second kappa shape index (κ2) is 11.4. The van der Waals surface area contributed by atoms with Crippen LogP contribution in [0.1, 0.15) is 56.8 Å². The Hall–Kier alpha value is -4.08. The molecule has 1 aliphatic heterocycles. The average Bonchev–Trinajstić information content (AvgIpc) is 3.57. The quantitative estimate of drug-likeness (QED) is 0.167. The van der Waals surface area contributed by atoms with Crippen molar-refractivity contribution in [1.29, 1.82) is 0 Å². The number of benzene rings is 4. The maximum Gasteiger partial charge on any atom is 2.00 e. The van der Waals surface area contributed by atoms with Crippen LogP contribution < -0.4 is 14.5 Å². The summed E-state index contributed by atoms with van der Waals surface area (Å²) in [7, 11) is 0. The molecule has 0 amide bonds. The second-order valence-electron chi connectivity index (χ2n) is 13.5. The van der Waals surface area contributed by atoms with Crippen LogP contribution in [0.2, 0.25) is 0 Å². The van der Waals surface area contributed by atoms with E-state index in [9.17, 15) is 0 Å². The SMILES string of the molecule is [2H]C([2H])([2H])N1CN(c2[c-]c(Oc3[c-]c4c(cc3)c3ccccc3n4-c3cc(C(C)(C)C)ccn3)ccc2C(C)(C)C)c2ccccc21.[Pt+2]. The summed E-state index contributed by atoms with van der Waals surface area (Å²) >= 11 is 0. The molecule has 0 aliphatic carbocycles. The standard InChI is InChI=1S/C39H38N4O.Pt/c1-38(2,3)26-20-21-40-37(22-26)43-32-13-9-8-12-29(32)30-18-16-27(23-35(30)43)44-28-17-19-31(39(4,5)6)36(24-28)42-25-41(7)33-14-10-11-15-34(33)42;/h8-22H,25H2,1-7H3;/q-2;+2/i7D3;. The van der Waals surface area contributed by atoms with Crippen LogP contribution in [0.4, 0.5) is 17.1 Å². The van der Waals surface area contributed by atoms with Gasteiger partial charge in [0, 0.05) is 34.3 Å². The predicted molar refractivity (Wildman–Crippen MR) is 182 cm³/mol. The van der Waals surface area contributed by atoms with Gasteiger partial charge in [0.25, 0.3) is 0 Å². The number of fused-ring (bicyclic) bond motifs is 4. The van der Waals surface area contributed by atoms with Gasteiger partial charge in [-0.2, -0.15) is 12.1 Å². The molecule has 1 aliphatic rings. The van der Waals surface area contributed by atoms with Crippen LogP contribution in [0.3, 0.4) is 0 Å². The summed E-state index contributed by atoms with van der Waals surface area (Å²) in [6.07, 6.45) is 1.87. The fraction of sp³-hybridized carbons (Fsp3) is 0.256. The molecule has 0 N–H and O–H groups in total. The van der Waals surface area contributed by atoms with Gasteiger partial charge >= 0.3 is 21.1 Å². The summed E-state index contributed by atoms with van der Waals surface area (Å²) in [4.78, 5) is 8.27. The van der Waals surface area contributed by atoms with Gasteiger partial charge in [-0.15, -0.1) is 35.2 Å². The van der Waals surface area contributed by atoms with E-state index in [1.165, 1.54) is 10.5 Å². The second-order valence-corrected chi connectivity index (χ2v) is 13.5. The van der Waals surface area contributed by atoms with E-state index < -0.39 is 6.98 Å². The molecule has 0 unspecified atom stereocenters. The number of anilines is 3. The molecular weight excluding hydrogens is 736 g/mol. The summed E-state index contributed by atoms with van der Waals surface area (Å²) in [5.41, 5.74) is 6.17. The monoisotopic (exact) mass is 776 g/mol. The summed E-state index contributed by atoms with van der Waals surface area (Å²) < 4.78 is 33.2. The van der Waals surface area contributed by atoms with E-state index in [2.05, 4.69) is 94.6 Å². The molecule has 6 aromatic rings. The van der Waals surface area contributed by atoms with E-state index in [1.807, 2.05) is 59.6 Å². The number of aromatic nitrogens is 2. The summed E-state index contributed by atoms with van der Waals surface area (Å²) in [6, 6.07) is 35.2. The van der Waals surface area contributed by atoms with Crippen molar-refractivity contribution in [3.05, 3.63) is 114 Å². The van der Waals surface area contributed by atoms with E-state index in [1.54, 1.807) is 0 Å². The first-order chi connectivity index (χ1) is 22.2. The number of para-hydroxylation sites is 3. The van der Waals surface area contributed by atoms with Gasteiger partial charge in [0.15, 0.2) is 0 Å². The van der Waals surface area contributed by atoms with Crippen molar-refractivity contribution in [2.45, 2.75) is 52.4 Å². The molecular formula is C39H38N4OPt. The first-order valence-electron chi connectivity index (χ1n) is 16.5. The van der Waals surface area contributed by atoms with Gasteiger partial charge in [-0.25, -0.2) is 4.98 Å². The molecule has 3 heterocycles. The van der Waals surface area contributed by atoms with Crippen molar-refractivity contribution in [2.24, 2.45) is 0 Å². The van der Waals surface area contributed by atoms with Crippen molar-refractivity contribution in [3.63, 3.8) is 0 Å². The number of ether oxygens (including phenoxy) is 1. The van der Waals surface area contributed by atoms with Crippen molar-refractivity contribution in [3.8, 4) is 17.3 Å². The topological polar surface area (TPSA) is 33.5 Å². The zero-order valence-corrected chi connectivity index (χ0v) is 28.7. The normalized spacial score (nSPS) is 14.6. The fourth-order valence-corrected chi connectivity index (χ4v) is 6.04. The molecule has 0 radical (unpaired) electrons. The van der Waals surface area contributed by atoms with Gasteiger partial charge in [-0.05, 0) is 46.7 Å². The molecule has 45 heavy (non-hydrogen) atoms. The number of hydrogen-bond donors (Lipinski definition) is 0. The molecule has 0 spiro atoms. The zero-order chi connectivity index (χ0) is 33.3. The molecule has 7 rings (SSSR count). The van der Waals surface area contributed by atoms with Crippen LogP contribution >= 0.6 is 0 Å². The van der Waals surface area contributed by atoms with Crippen molar-refractivity contribution in [1.82, 2.24) is 9.55 Å². The Balaban J connectivity index is 0.00000401. The number of rotatable bonds is 4. The van der Waals surface area contributed by atoms with Crippen molar-refractivity contribution in [2.75, 3.05) is 23.4 Å². The maximum atomic E-state index is 8.19. The van der Waals surface area contributed by atoms with E-state index in [4.69, 9.17) is 13.8 Å². The summed E-state index contributed by atoms with van der Waals surface area (Å²) in [6.45, 7) is 10.9. The molecule has 2 aromatic heterocycles. The van der Waals surface area contributed by atoms with Crippen LogP contribution in [0, 0.1) is 12.1 Å². The Bertz CT molecular complexity index is 2140. The Morgan fingerprint density at radius 3 is 2.24 bits per heavy atom. The first kappa shape index (κ1) is 27.2. The van der Waals surface area contributed by atoms with Crippen LogP contribution in [-0.2, 0) is 31.9 Å². The minimum Gasteiger partial charge on any atom is -0.509 e. The Labute approximate surface area is 284 Å². The van der Waals surface area contributed by atoms with Gasteiger partial charge < -0.3 is 19.1 Å². The Morgan fingerprint density at radius 1 is 0.778 bits per heavy atom.